The first kappa shape index (κ1) is 27.7. The van der Waals surface area contributed by atoms with E-state index in [1.54, 1.807) is 20.4 Å². The van der Waals surface area contributed by atoms with Crippen LogP contribution in [0.1, 0.15) is 19.4 Å². The molecule has 0 saturated heterocycles. The lowest BCUT2D eigenvalue weighted by Gasteiger charge is -2.20. The monoisotopic (exact) mass is 544 g/mol. The van der Waals surface area contributed by atoms with Crippen molar-refractivity contribution in [2.24, 2.45) is 5.10 Å². The van der Waals surface area contributed by atoms with E-state index in [-0.39, 0.29) is 11.7 Å². The van der Waals surface area contributed by atoms with Crippen LogP contribution >= 0.6 is 11.8 Å². The zero-order valence-corrected chi connectivity index (χ0v) is 23.3. The second kappa shape index (κ2) is 13.5. The summed E-state index contributed by atoms with van der Waals surface area (Å²) in [5, 5.41) is 13.5. The second-order valence-electron chi connectivity index (χ2n) is 8.41. The number of methoxy groups -OCH3 is 2. The number of benzene rings is 3. The van der Waals surface area contributed by atoms with Gasteiger partial charge < -0.3 is 14.4 Å². The van der Waals surface area contributed by atoms with Crippen LogP contribution in [0.5, 0.6) is 11.5 Å². The molecule has 39 heavy (non-hydrogen) atoms. The number of rotatable bonds is 12. The number of hydrazone groups is 1. The van der Waals surface area contributed by atoms with Crippen molar-refractivity contribution in [1.82, 2.24) is 20.2 Å². The lowest BCUT2D eigenvalue weighted by atomic mass is 10.2. The van der Waals surface area contributed by atoms with E-state index in [1.807, 2.05) is 65.2 Å². The fourth-order valence-electron chi connectivity index (χ4n) is 3.96. The van der Waals surface area contributed by atoms with E-state index >= 15 is 0 Å². The fourth-order valence-corrected chi connectivity index (χ4v) is 4.70. The molecule has 4 rings (SSSR count). The van der Waals surface area contributed by atoms with Crippen molar-refractivity contribution in [2.75, 3.05) is 38.0 Å². The Balaban J connectivity index is 1.46. The Bertz CT molecular complexity index is 1380. The number of hydrogen-bond acceptors (Lipinski definition) is 8. The highest BCUT2D eigenvalue weighted by Gasteiger charge is 2.17. The van der Waals surface area contributed by atoms with Crippen molar-refractivity contribution in [3.05, 3.63) is 78.4 Å². The predicted molar refractivity (Wildman–Crippen MR) is 156 cm³/mol. The van der Waals surface area contributed by atoms with Crippen LogP contribution in [0.4, 0.5) is 5.69 Å². The van der Waals surface area contributed by atoms with Gasteiger partial charge in [-0.1, -0.05) is 23.9 Å². The summed E-state index contributed by atoms with van der Waals surface area (Å²) in [7, 11) is 3.25. The number of thioether (sulfide) groups is 1. The molecule has 1 N–H and O–H groups in total. The third kappa shape index (κ3) is 6.97. The van der Waals surface area contributed by atoms with E-state index in [4.69, 9.17) is 9.47 Å². The van der Waals surface area contributed by atoms with Gasteiger partial charge in [0.2, 0.25) is 0 Å². The van der Waals surface area contributed by atoms with E-state index in [1.165, 1.54) is 11.8 Å². The van der Waals surface area contributed by atoms with Crippen molar-refractivity contribution in [2.45, 2.75) is 19.0 Å². The maximum Gasteiger partial charge on any atom is 0.250 e. The van der Waals surface area contributed by atoms with Crippen LogP contribution in [0.25, 0.3) is 17.1 Å². The van der Waals surface area contributed by atoms with Gasteiger partial charge in [-0.05, 0) is 80.1 Å². The highest BCUT2D eigenvalue weighted by atomic mass is 32.2. The summed E-state index contributed by atoms with van der Waals surface area (Å²) in [5.41, 5.74) is 6.38. The lowest BCUT2D eigenvalue weighted by molar-refractivity contribution is -0.118. The van der Waals surface area contributed by atoms with Crippen LogP contribution in [0.3, 0.4) is 0 Å². The van der Waals surface area contributed by atoms with Crippen LogP contribution in [-0.4, -0.2) is 59.9 Å². The number of anilines is 1. The third-order valence-corrected chi connectivity index (χ3v) is 7.00. The van der Waals surface area contributed by atoms with Gasteiger partial charge in [0.05, 0.1) is 26.2 Å². The Kier molecular flexibility index (Phi) is 9.58. The molecule has 0 aliphatic rings. The zero-order valence-electron chi connectivity index (χ0n) is 22.5. The van der Waals surface area contributed by atoms with Crippen LogP contribution < -0.4 is 19.8 Å². The molecule has 9 nitrogen and oxygen atoms in total. The summed E-state index contributed by atoms with van der Waals surface area (Å²) < 4.78 is 12.5. The molecule has 0 bridgehead atoms. The number of aromatic nitrogens is 3. The largest absolute Gasteiger partial charge is 0.497 e. The van der Waals surface area contributed by atoms with Crippen LogP contribution in [0.2, 0.25) is 0 Å². The van der Waals surface area contributed by atoms with Crippen molar-refractivity contribution >= 4 is 29.6 Å². The summed E-state index contributed by atoms with van der Waals surface area (Å²) in [6, 6.07) is 23.3. The number of nitrogens with zero attached hydrogens (tertiary/aromatic N) is 5. The van der Waals surface area contributed by atoms with E-state index in [9.17, 15) is 4.79 Å². The topological polar surface area (TPSA) is 93.9 Å². The van der Waals surface area contributed by atoms with Gasteiger partial charge in [0, 0.05) is 30.0 Å². The number of ether oxygens (including phenoxy) is 2. The molecule has 0 aliphatic heterocycles. The average Bonchev–Trinajstić information content (AvgIpc) is 3.41. The zero-order chi connectivity index (χ0) is 27.6. The predicted octanol–water partition coefficient (Wildman–Crippen LogP) is 5.04. The van der Waals surface area contributed by atoms with Crippen LogP contribution in [0, 0.1) is 0 Å². The molecule has 0 unspecified atom stereocenters. The number of amides is 1. The smallest absolute Gasteiger partial charge is 0.250 e. The van der Waals surface area contributed by atoms with Gasteiger partial charge in [-0.15, -0.1) is 10.2 Å². The Labute approximate surface area is 232 Å². The molecule has 202 valence electrons. The molecule has 1 heterocycles. The minimum Gasteiger partial charge on any atom is -0.497 e. The Morgan fingerprint density at radius 1 is 0.923 bits per heavy atom. The fraction of sp³-hybridized carbons (Fsp3) is 0.241. The maximum absolute atomic E-state index is 12.6. The van der Waals surface area contributed by atoms with Crippen molar-refractivity contribution < 1.29 is 14.3 Å². The molecular weight excluding hydrogens is 512 g/mol. The van der Waals surface area contributed by atoms with E-state index in [0.717, 1.165) is 47.1 Å². The minimum atomic E-state index is -0.244. The Morgan fingerprint density at radius 3 is 2.13 bits per heavy atom. The highest BCUT2D eigenvalue weighted by Crippen LogP contribution is 2.29. The lowest BCUT2D eigenvalue weighted by Crippen LogP contribution is -2.21. The van der Waals surface area contributed by atoms with Crippen LogP contribution in [-0.2, 0) is 4.79 Å². The Morgan fingerprint density at radius 2 is 1.54 bits per heavy atom. The van der Waals surface area contributed by atoms with Gasteiger partial charge in [0.1, 0.15) is 11.5 Å². The molecule has 1 amide bonds. The first-order valence-corrected chi connectivity index (χ1v) is 13.6. The van der Waals surface area contributed by atoms with Gasteiger partial charge in [-0.25, -0.2) is 5.43 Å². The summed E-state index contributed by atoms with van der Waals surface area (Å²) in [6.07, 6.45) is 1.64. The van der Waals surface area contributed by atoms with E-state index in [0.29, 0.717) is 11.0 Å². The van der Waals surface area contributed by atoms with Crippen molar-refractivity contribution in [3.63, 3.8) is 0 Å². The first-order chi connectivity index (χ1) is 19.1. The third-order valence-electron chi connectivity index (χ3n) is 6.07. The number of nitrogens with one attached hydrogen (secondary N) is 1. The molecular formula is C29H32N6O3S. The van der Waals surface area contributed by atoms with Gasteiger partial charge in [0.15, 0.2) is 11.0 Å². The number of carbonyl (C=O) groups excluding carboxylic acids is 1. The normalized spacial score (nSPS) is 11.0. The van der Waals surface area contributed by atoms with Gasteiger partial charge in [-0.3, -0.25) is 9.36 Å². The van der Waals surface area contributed by atoms with Gasteiger partial charge in [0.25, 0.3) is 5.91 Å². The molecule has 3 aromatic carbocycles. The molecule has 0 spiro atoms. The molecule has 0 aliphatic carbocycles. The standard InChI is InChI=1S/C29H32N6O3S/c1-5-34(6-2)23-11-7-21(8-12-23)19-30-31-27(36)20-39-29-33-32-28(22-9-15-25(37-3)16-10-22)35(29)24-13-17-26(38-4)18-14-24/h7-19H,5-6,20H2,1-4H3,(H,31,36)/b30-19-. The molecule has 0 saturated carbocycles. The van der Waals surface area contributed by atoms with E-state index < -0.39 is 0 Å². The molecule has 0 radical (unpaired) electrons. The number of carbonyl (C=O) groups is 1. The summed E-state index contributed by atoms with van der Waals surface area (Å²) in [6.45, 7) is 6.16. The second-order valence-corrected chi connectivity index (χ2v) is 9.36. The van der Waals surface area contributed by atoms with Crippen molar-refractivity contribution in [3.8, 4) is 28.6 Å². The van der Waals surface area contributed by atoms with Crippen molar-refractivity contribution in [1.29, 1.82) is 0 Å². The SMILES string of the molecule is CCN(CC)c1ccc(/C=N\NC(=O)CSc2nnc(-c3ccc(OC)cc3)n2-c2ccc(OC)cc2)cc1. The molecule has 10 heteroatoms. The minimum absolute atomic E-state index is 0.120. The maximum atomic E-state index is 12.6. The first-order valence-electron chi connectivity index (χ1n) is 12.6. The molecule has 1 aromatic heterocycles. The molecule has 4 aromatic rings. The van der Waals surface area contributed by atoms with E-state index in [2.05, 4.69) is 51.6 Å². The quantitative estimate of drug-likeness (QED) is 0.152. The summed E-state index contributed by atoms with van der Waals surface area (Å²) in [4.78, 5) is 14.8. The molecule has 0 atom stereocenters. The summed E-state index contributed by atoms with van der Waals surface area (Å²) >= 11 is 1.28. The van der Waals surface area contributed by atoms with Gasteiger partial charge >= 0.3 is 0 Å². The average molecular weight is 545 g/mol. The van der Waals surface area contributed by atoms with Crippen LogP contribution in [0.15, 0.2) is 83.1 Å². The Hall–Kier alpha value is -4.31. The van der Waals surface area contributed by atoms with Gasteiger partial charge in [-0.2, -0.15) is 5.10 Å². The number of hydrogen-bond donors (Lipinski definition) is 1. The summed E-state index contributed by atoms with van der Waals surface area (Å²) in [5.74, 6) is 2.02. The molecule has 0 fully saturated rings. The highest BCUT2D eigenvalue weighted by molar-refractivity contribution is 7.99.